The molecule has 0 radical (unpaired) electrons. The minimum atomic E-state index is -1.63. The van der Waals surface area contributed by atoms with Gasteiger partial charge in [-0.25, -0.2) is 0 Å². The zero-order valence-electron chi connectivity index (χ0n) is 61.2. The molecule has 92 heavy (non-hydrogen) atoms. The van der Waals surface area contributed by atoms with Crippen LogP contribution in [0.25, 0.3) is 0 Å². The van der Waals surface area contributed by atoms with Crippen LogP contribution in [0.5, 0.6) is 0 Å². The molecule has 0 fully saturated rings. The Kier molecular flexibility index (Phi) is 70.5. The van der Waals surface area contributed by atoms with Crippen molar-refractivity contribution in [2.45, 2.75) is 379 Å². The fraction of sp³-hybridized carbons (Fsp3) is 0.795. The number of ether oxygens (including phenoxy) is 4. The second-order valence-corrected chi connectivity index (χ2v) is 27.6. The Morgan fingerprint density at radius 1 is 0.337 bits per heavy atom. The van der Waals surface area contributed by atoms with Crippen molar-refractivity contribution in [3.8, 4) is 0 Å². The number of quaternary nitrogens is 1. The van der Waals surface area contributed by atoms with Gasteiger partial charge in [0.05, 0.1) is 40.3 Å². The molecular formula is C83H149NO8. The molecule has 0 N–H and O–H groups in total. The molecule has 534 valence electrons. The lowest BCUT2D eigenvalue weighted by atomic mass is 10.0. The molecule has 9 heteroatoms. The Labute approximate surface area is 570 Å². The first-order valence-corrected chi connectivity index (χ1v) is 39.2. The van der Waals surface area contributed by atoms with E-state index in [-0.39, 0.29) is 32.2 Å². The summed E-state index contributed by atoms with van der Waals surface area (Å²) in [7, 11) is 5.93. The van der Waals surface area contributed by atoms with E-state index in [2.05, 4.69) is 98.9 Å². The van der Waals surface area contributed by atoms with Crippen LogP contribution in [0, 0.1) is 0 Å². The van der Waals surface area contributed by atoms with Crippen molar-refractivity contribution in [2.75, 3.05) is 47.5 Å². The first kappa shape index (κ1) is 88.5. The zero-order chi connectivity index (χ0) is 66.8. The summed E-state index contributed by atoms with van der Waals surface area (Å²) in [6, 6.07) is 0. The molecule has 0 amide bonds. The average molecular weight is 1290 g/mol. The number of unbranched alkanes of at least 4 members (excludes halogenated alkanes) is 44. The number of carbonyl (C=O) groups is 3. The number of allylic oxidation sites excluding steroid dienone is 14. The van der Waals surface area contributed by atoms with Gasteiger partial charge in [0.15, 0.2) is 12.4 Å². The summed E-state index contributed by atoms with van der Waals surface area (Å²) in [6.07, 6.45) is 97.1. The Balaban J connectivity index is 4.02. The number of likely N-dealkylation sites (N-methyl/N-ethyl adjacent to an activating group) is 1. The maximum absolute atomic E-state index is 12.9. The lowest BCUT2D eigenvalue weighted by molar-refractivity contribution is -0.870. The van der Waals surface area contributed by atoms with E-state index in [0.29, 0.717) is 23.9 Å². The Morgan fingerprint density at radius 2 is 0.620 bits per heavy atom. The minimum absolute atomic E-state index is 0.143. The van der Waals surface area contributed by atoms with Crippen molar-refractivity contribution >= 4 is 17.9 Å². The molecule has 0 aromatic rings. The van der Waals surface area contributed by atoms with Crippen LogP contribution in [-0.4, -0.2) is 82.3 Å². The second-order valence-electron chi connectivity index (χ2n) is 27.6. The van der Waals surface area contributed by atoms with Gasteiger partial charge in [-0.05, 0) is 70.6 Å². The van der Waals surface area contributed by atoms with Gasteiger partial charge in [-0.3, -0.25) is 9.59 Å². The van der Waals surface area contributed by atoms with Crippen molar-refractivity contribution in [1.82, 2.24) is 0 Å². The van der Waals surface area contributed by atoms with Crippen LogP contribution in [0.1, 0.15) is 367 Å². The summed E-state index contributed by atoms with van der Waals surface area (Å²) in [6.45, 7) is 4.67. The third-order valence-corrected chi connectivity index (χ3v) is 17.4. The maximum Gasteiger partial charge on any atom is 0.306 e. The number of carbonyl (C=O) groups excluding carboxylic acids is 3. The largest absolute Gasteiger partial charge is 0.545 e. The maximum atomic E-state index is 12.9. The second kappa shape index (κ2) is 73.3. The number of aliphatic carboxylic acids is 1. The summed E-state index contributed by atoms with van der Waals surface area (Å²) >= 11 is 0. The SMILES string of the molecule is CC/C=C\C/C=C\C/C=C\C/C=C\C/C=C\C/C=C\C/C=C\CCCCCCCCCC(=O)OC(COC(=O)CCCCCCCCCCCCCCCCCCCCCCCCCCCCCCCCCCCCCCCC)COC(OCC[N+](C)(C)C)C(=O)[O-]. The highest BCUT2D eigenvalue weighted by Crippen LogP contribution is 2.19. The molecule has 0 saturated heterocycles. The highest BCUT2D eigenvalue weighted by Gasteiger charge is 2.22. The fourth-order valence-corrected chi connectivity index (χ4v) is 11.5. The summed E-state index contributed by atoms with van der Waals surface area (Å²) in [5.74, 6) is -2.28. The van der Waals surface area contributed by atoms with Crippen molar-refractivity contribution in [1.29, 1.82) is 0 Å². The molecule has 0 aliphatic rings. The van der Waals surface area contributed by atoms with Gasteiger partial charge in [-0.2, -0.15) is 0 Å². The number of hydrogen-bond acceptors (Lipinski definition) is 8. The van der Waals surface area contributed by atoms with E-state index in [1.54, 1.807) is 0 Å². The van der Waals surface area contributed by atoms with E-state index >= 15 is 0 Å². The summed E-state index contributed by atoms with van der Waals surface area (Å²) in [5, 5.41) is 11.8. The van der Waals surface area contributed by atoms with Gasteiger partial charge < -0.3 is 33.3 Å². The highest BCUT2D eigenvalue weighted by atomic mass is 16.7. The van der Waals surface area contributed by atoms with Crippen LogP contribution >= 0.6 is 0 Å². The molecule has 0 aromatic heterocycles. The van der Waals surface area contributed by atoms with Gasteiger partial charge >= 0.3 is 11.9 Å². The van der Waals surface area contributed by atoms with Crippen LogP contribution < -0.4 is 5.11 Å². The average Bonchev–Trinajstić information content (AvgIpc) is 3.75. The molecule has 0 bridgehead atoms. The number of carboxylic acid groups (broad SMARTS) is 1. The Hall–Kier alpha value is -3.53. The molecule has 0 spiro atoms. The number of nitrogens with zero attached hydrogens (tertiary/aromatic N) is 1. The van der Waals surface area contributed by atoms with E-state index in [0.717, 1.165) is 89.9 Å². The van der Waals surface area contributed by atoms with E-state index < -0.39 is 24.3 Å². The minimum Gasteiger partial charge on any atom is -0.545 e. The van der Waals surface area contributed by atoms with Gasteiger partial charge in [-0.15, -0.1) is 0 Å². The number of rotatable bonds is 73. The first-order valence-electron chi connectivity index (χ1n) is 39.2. The molecule has 0 aromatic carbocycles. The van der Waals surface area contributed by atoms with Crippen molar-refractivity contribution in [3.05, 3.63) is 85.1 Å². The lowest BCUT2D eigenvalue weighted by Crippen LogP contribution is -2.44. The predicted octanol–water partition coefficient (Wildman–Crippen LogP) is 23.6. The van der Waals surface area contributed by atoms with E-state index in [9.17, 15) is 19.5 Å². The molecule has 2 unspecified atom stereocenters. The third kappa shape index (κ3) is 73.9. The molecule has 2 atom stereocenters. The predicted molar refractivity (Wildman–Crippen MR) is 394 cm³/mol. The topological polar surface area (TPSA) is 111 Å². The van der Waals surface area contributed by atoms with Crippen LogP contribution in [0.15, 0.2) is 85.1 Å². The van der Waals surface area contributed by atoms with Gasteiger partial charge in [0, 0.05) is 12.8 Å². The van der Waals surface area contributed by atoms with Crippen LogP contribution in [0.4, 0.5) is 0 Å². The fourth-order valence-electron chi connectivity index (χ4n) is 11.5. The number of esters is 2. The van der Waals surface area contributed by atoms with Gasteiger partial charge in [0.1, 0.15) is 13.2 Å². The standard InChI is InChI=1S/C83H149NO8/c1-6-8-10-12-14-16-18-20-22-24-26-28-30-32-34-36-37-38-39-40-41-42-43-44-46-47-49-51-53-55-57-59-61-63-65-67-69-71-73-80(85)90-77-79(78-91-83(82(87)88)89-76-75-84(3,4)5)92-81(86)74-72-70-68-66-64-62-60-58-56-54-52-50-48-45-35-33-31-29-27-25-23-21-19-17-15-13-11-9-7-2/h9,11,15,17,21,23,27,29,33,35,48,50,54,56,79,83H,6-8,10,12-14,16,18-20,22,24-26,28,30-32,34,36-47,49,51-53,55,57-78H2,1-5H3/b11-9-,17-15-,23-21-,29-27-,35-33-,50-48-,56-54-. The normalized spacial score (nSPS) is 13.1. The van der Waals surface area contributed by atoms with Gasteiger partial charge in [-0.1, -0.05) is 369 Å². The monoisotopic (exact) mass is 1290 g/mol. The van der Waals surface area contributed by atoms with Gasteiger partial charge in [0.25, 0.3) is 0 Å². The highest BCUT2D eigenvalue weighted by molar-refractivity contribution is 5.70. The Morgan fingerprint density at radius 3 is 0.924 bits per heavy atom. The van der Waals surface area contributed by atoms with Crippen molar-refractivity contribution in [2.24, 2.45) is 0 Å². The van der Waals surface area contributed by atoms with Crippen LogP contribution in [0.2, 0.25) is 0 Å². The third-order valence-electron chi connectivity index (χ3n) is 17.4. The van der Waals surface area contributed by atoms with Gasteiger partial charge in [0.2, 0.25) is 0 Å². The van der Waals surface area contributed by atoms with Crippen molar-refractivity contribution in [3.63, 3.8) is 0 Å². The molecule has 0 aliphatic heterocycles. The summed E-state index contributed by atoms with van der Waals surface area (Å²) in [4.78, 5) is 37.6. The molecule has 0 saturated carbocycles. The summed E-state index contributed by atoms with van der Waals surface area (Å²) in [5.41, 5.74) is 0. The molecule has 0 aliphatic carbocycles. The lowest BCUT2D eigenvalue weighted by Gasteiger charge is -2.26. The number of hydrogen-bond donors (Lipinski definition) is 0. The van der Waals surface area contributed by atoms with E-state index in [1.807, 2.05) is 21.1 Å². The zero-order valence-corrected chi connectivity index (χ0v) is 61.2. The number of carboxylic acids is 1. The van der Waals surface area contributed by atoms with Crippen LogP contribution in [-0.2, 0) is 33.3 Å². The molecule has 9 nitrogen and oxygen atoms in total. The molecular weight excluding hydrogens is 1140 g/mol. The van der Waals surface area contributed by atoms with Crippen molar-refractivity contribution < 1.29 is 42.9 Å². The van der Waals surface area contributed by atoms with E-state index in [4.69, 9.17) is 18.9 Å². The van der Waals surface area contributed by atoms with Crippen LogP contribution in [0.3, 0.4) is 0 Å². The summed E-state index contributed by atoms with van der Waals surface area (Å²) < 4.78 is 22.8. The quantitative estimate of drug-likeness (QED) is 0.0195. The first-order chi connectivity index (χ1) is 45.1. The molecule has 0 heterocycles. The smallest absolute Gasteiger partial charge is 0.306 e. The van der Waals surface area contributed by atoms with E-state index in [1.165, 1.54) is 244 Å². The molecule has 0 rings (SSSR count). The Bertz CT molecular complexity index is 1790.